The summed E-state index contributed by atoms with van der Waals surface area (Å²) >= 11 is 0. The first-order chi connectivity index (χ1) is 16.8. The van der Waals surface area contributed by atoms with Crippen molar-refractivity contribution in [3.05, 3.63) is 45.9 Å². The van der Waals surface area contributed by atoms with Crippen molar-refractivity contribution in [2.45, 2.75) is 77.3 Å². The van der Waals surface area contributed by atoms with Crippen molar-refractivity contribution in [1.29, 1.82) is 0 Å². The number of aromatic nitrogens is 2. The molecule has 11 heteroatoms. The largest absolute Gasteiger partial charge is 0.740 e. The van der Waals surface area contributed by atoms with Gasteiger partial charge in [0.25, 0.3) is 0 Å². The zero-order valence-corrected chi connectivity index (χ0v) is 21.0. The lowest BCUT2D eigenvalue weighted by molar-refractivity contribution is 0.0874. The molecule has 0 bridgehead atoms. The second-order valence-corrected chi connectivity index (χ2v) is 11.4. The molecular formula is C24H32N5O5S-. The minimum atomic E-state index is -4.72. The Labute approximate surface area is 206 Å². The molecule has 1 aliphatic heterocycles. The highest BCUT2D eigenvalue weighted by Crippen LogP contribution is 2.39. The van der Waals surface area contributed by atoms with Crippen molar-refractivity contribution < 1.29 is 17.9 Å². The average molecular weight is 503 g/mol. The lowest BCUT2D eigenvalue weighted by atomic mass is 9.99. The molecule has 0 atom stereocenters. The summed E-state index contributed by atoms with van der Waals surface area (Å²) in [4.78, 5) is 13.1. The Bertz CT molecular complexity index is 1190. The number of hydrogen-bond donors (Lipinski definition) is 1. The van der Waals surface area contributed by atoms with Crippen LogP contribution in [0.4, 0.5) is 16.2 Å². The zero-order chi connectivity index (χ0) is 24.7. The van der Waals surface area contributed by atoms with Crippen LogP contribution >= 0.6 is 0 Å². The second-order valence-electron chi connectivity index (χ2n) is 9.81. The minimum Gasteiger partial charge on any atom is -0.740 e. The molecule has 35 heavy (non-hydrogen) atoms. The second kappa shape index (κ2) is 9.44. The summed E-state index contributed by atoms with van der Waals surface area (Å²) in [5.74, 6) is 0. The fourth-order valence-electron chi connectivity index (χ4n) is 5.48. The molecule has 2 aromatic rings. The number of nitrogens with zero attached hydrogens (tertiary/aromatic N) is 4. The van der Waals surface area contributed by atoms with Crippen molar-refractivity contribution in [3.63, 3.8) is 0 Å². The van der Waals surface area contributed by atoms with Crippen molar-refractivity contribution >= 4 is 27.6 Å². The first-order valence-corrected chi connectivity index (χ1v) is 13.8. The Morgan fingerprint density at radius 2 is 1.77 bits per heavy atom. The lowest BCUT2D eigenvalue weighted by Gasteiger charge is -2.39. The van der Waals surface area contributed by atoms with Crippen molar-refractivity contribution in [2.24, 2.45) is 0 Å². The van der Waals surface area contributed by atoms with Crippen LogP contribution in [-0.4, -0.2) is 48.0 Å². The van der Waals surface area contributed by atoms with Gasteiger partial charge < -0.3 is 15.3 Å². The number of carbonyl (C=O) groups is 1. The number of benzene rings is 1. The molecule has 2 heterocycles. The SMILES string of the molecule is CC(C)n1cc(N(C2CCOCC2)S(=O)(=O)N([O-])C(=O)Nc2c3c(cc4c2CCC4)CCC3)cn1. The molecule has 1 aromatic heterocycles. The van der Waals surface area contributed by atoms with Gasteiger partial charge in [0.1, 0.15) is 0 Å². The monoisotopic (exact) mass is 502 g/mol. The summed E-state index contributed by atoms with van der Waals surface area (Å²) < 4.78 is 34.9. The van der Waals surface area contributed by atoms with Gasteiger partial charge in [0.15, 0.2) is 0 Å². The number of hydrogen-bond acceptors (Lipinski definition) is 6. The third kappa shape index (κ3) is 4.41. The quantitative estimate of drug-likeness (QED) is 0.602. The van der Waals surface area contributed by atoms with Crippen molar-refractivity contribution in [3.8, 4) is 0 Å². The molecular weight excluding hydrogens is 470 g/mol. The first-order valence-electron chi connectivity index (χ1n) is 12.4. The van der Waals surface area contributed by atoms with E-state index in [1.807, 2.05) is 13.8 Å². The third-order valence-electron chi connectivity index (χ3n) is 7.22. The number of amides is 2. The Balaban J connectivity index is 1.46. The van der Waals surface area contributed by atoms with Crippen molar-refractivity contribution in [2.75, 3.05) is 22.8 Å². The number of nitrogens with one attached hydrogen (secondary N) is 1. The van der Waals surface area contributed by atoms with E-state index in [9.17, 15) is 18.4 Å². The predicted molar refractivity (Wildman–Crippen MR) is 133 cm³/mol. The number of hydroxylamine groups is 1. The summed E-state index contributed by atoms with van der Waals surface area (Å²) in [5.41, 5.74) is 5.34. The smallest absolute Gasteiger partial charge is 0.326 e. The fourth-order valence-corrected chi connectivity index (χ4v) is 6.84. The average Bonchev–Trinajstić information content (AvgIpc) is 3.59. The van der Waals surface area contributed by atoms with E-state index in [2.05, 4.69) is 16.5 Å². The topological polar surface area (TPSA) is 120 Å². The first kappa shape index (κ1) is 24.1. The van der Waals surface area contributed by atoms with Gasteiger partial charge in [0.05, 0.1) is 17.9 Å². The molecule has 3 aliphatic rings. The van der Waals surface area contributed by atoms with Crippen LogP contribution in [-0.2, 0) is 40.6 Å². The van der Waals surface area contributed by atoms with Crippen molar-refractivity contribution in [1.82, 2.24) is 14.2 Å². The Hall–Kier alpha value is -2.63. The molecule has 0 spiro atoms. The molecule has 0 radical (unpaired) electrons. The minimum absolute atomic E-state index is 0.0110. The molecule has 0 unspecified atom stereocenters. The summed E-state index contributed by atoms with van der Waals surface area (Å²) in [6, 6.07) is 0.531. The molecule has 5 rings (SSSR count). The van der Waals surface area contributed by atoms with Gasteiger partial charge in [-0.2, -0.15) is 13.5 Å². The number of fused-ring (bicyclic) bond motifs is 2. The standard InChI is InChI=1S/C24H32N5O5S/c1-16(2)27-15-20(14-25-27)28(19-9-11-34-12-10-19)35(32,33)29(31)24(30)26-23-21-7-3-5-17(21)13-18-6-4-8-22(18)23/h13-16,19H,3-12H2,1-2H3,(H,26,30)/q-1. The maximum absolute atomic E-state index is 13.6. The highest BCUT2D eigenvalue weighted by molar-refractivity contribution is 7.91. The molecule has 0 saturated carbocycles. The van der Waals surface area contributed by atoms with E-state index in [0.717, 1.165) is 54.0 Å². The van der Waals surface area contributed by atoms with Crippen LogP contribution in [0.2, 0.25) is 0 Å². The molecule has 1 fully saturated rings. The van der Waals surface area contributed by atoms with E-state index in [4.69, 9.17) is 4.74 Å². The summed E-state index contributed by atoms with van der Waals surface area (Å²) in [6.07, 6.45) is 9.32. The Morgan fingerprint density at radius 1 is 1.14 bits per heavy atom. The lowest BCUT2D eigenvalue weighted by Crippen LogP contribution is -2.51. The summed E-state index contributed by atoms with van der Waals surface area (Å²) in [5, 5.41) is 20.1. The Morgan fingerprint density at radius 3 is 2.34 bits per heavy atom. The molecule has 190 valence electrons. The normalized spacial score (nSPS) is 17.9. The number of aryl methyl sites for hydroxylation is 2. The molecule has 10 nitrogen and oxygen atoms in total. The van der Waals surface area contributed by atoms with Gasteiger partial charge in [-0.25, -0.2) is 9.10 Å². The van der Waals surface area contributed by atoms with Crippen LogP contribution < -0.4 is 9.62 Å². The fraction of sp³-hybridized carbons (Fsp3) is 0.583. The van der Waals surface area contributed by atoms with Crippen LogP contribution in [0, 0.1) is 5.21 Å². The number of urea groups is 1. The highest BCUT2D eigenvalue weighted by atomic mass is 32.2. The van der Waals surface area contributed by atoms with Gasteiger partial charge in [-0.05, 0) is 87.5 Å². The molecule has 2 aliphatic carbocycles. The van der Waals surface area contributed by atoms with E-state index in [-0.39, 0.29) is 11.7 Å². The molecule has 1 saturated heterocycles. The molecule has 2 amide bonds. The zero-order valence-electron chi connectivity index (χ0n) is 20.2. The van der Waals surface area contributed by atoms with Crippen LogP contribution in [0.5, 0.6) is 0 Å². The maximum atomic E-state index is 13.6. The van der Waals surface area contributed by atoms with Gasteiger partial charge in [0.2, 0.25) is 0 Å². The van der Waals surface area contributed by atoms with E-state index in [1.54, 1.807) is 10.9 Å². The number of anilines is 2. The van der Waals surface area contributed by atoms with Gasteiger partial charge in [-0.15, -0.1) is 0 Å². The molecule has 1 N–H and O–H groups in total. The van der Waals surface area contributed by atoms with E-state index >= 15 is 0 Å². The summed E-state index contributed by atoms with van der Waals surface area (Å²) in [7, 11) is -4.72. The maximum Gasteiger partial charge on any atom is 0.326 e. The molecule has 1 aromatic carbocycles. The van der Waals surface area contributed by atoms with E-state index in [1.165, 1.54) is 17.3 Å². The van der Waals surface area contributed by atoms with E-state index in [0.29, 0.717) is 31.7 Å². The Kier molecular flexibility index (Phi) is 6.49. The van der Waals surface area contributed by atoms with Crippen LogP contribution in [0.1, 0.15) is 67.8 Å². The van der Waals surface area contributed by atoms with Gasteiger partial charge in [-0.1, -0.05) is 6.07 Å². The third-order valence-corrected chi connectivity index (χ3v) is 8.81. The summed E-state index contributed by atoms with van der Waals surface area (Å²) in [6.45, 7) is 4.60. The number of rotatable bonds is 6. The highest BCUT2D eigenvalue weighted by Gasteiger charge is 2.36. The van der Waals surface area contributed by atoms with Gasteiger partial charge >= 0.3 is 16.2 Å². The van der Waals surface area contributed by atoms with E-state index < -0.39 is 26.8 Å². The predicted octanol–water partition coefficient (Wildman–Crippen LogP) is 3.70. The van der Waals surface area contributed by atoms with Crippen LogP contribution in [0.15, 0.2) is 18.5 Å². The van der Waals surface area contributed by atoms with Gasteiger partial charge in [0, 0.05) is 31.1 Å². The van der Waals surface area contributed by atoms with Gasteiger partial charge in [-0.3, -0.25) is 9.15 Å². The number of ether oxygens (including phenoxy) is 1. The number of carbonyl (C=O) groups excluding carboxylic acids is 1. The van der Waals surface area contributed by atoms with Crippen LogP contribution in [0.3, 0.4) is 0 Å². The van der Waals surface area contributed by atoms with Crippen LogP contribution in [0.25, 0.3) is 0 Å².